The average molecular weight is 256 g/mol. The number of hydrazine groups is 1. The predicted octanol–water partition coefficient (Wildman–Crippen LogP) is 1.97. The lowest BCUT2D eigenvalue weighted by Crippen LogP contribution is -2.21. The monoisotopic (exact) mass is 254 g/mol. The number of halogens is 3. The predicted molar refractivity (Wildman–Crippen MR) is 52.4 cm³/mol. The molecule has 0 bridgehead atoms. The lowest BCUT2D eigenvalue weighted by Gasteiger charge is -2.02. The van der Waals surface area contributed by atoms with E-state index in [2.05, 4.69) is 21.4 Å². The van der Waals surface area contributed by atoms with Crippen molar-refractivity contribution in [2.45, 2.75) is 6.54 Å². The Hall–Kier alpha value is -0.160. The molecule has 0 spiro atoms. The van der Waals surface area contributed by atoms with Crippen molar-refractivity contribution in [2.75, 3.05) is 0 Å². The fourth-order valence-corrected chi connectivity index (χ4v) is 1.20. The Balaban J connectivity index is 0.00000121. The highest BCUT2D eigenvalue weighted by Crippen LogP contribution is 2.17. The van der Waals surface area contributed by atoms with Crippen LogP contribution in [0.2, 0.25) is 0 Å². The van der Waals surface area contributed by atoms with Gasteiger partial charge >= 0.3 is 0 Å². The van der Waals surface area contributed by atoms with Crippen molar-refractivity contribution in [3.05, 3.63) is 34.1 Å². The van der Waals surface area contributed by atoms with Crippen LogP contribution in [0, 0.1) is 5.82 Å². The summed E-state index contributed by atoms with van der Waals surface area (Å²) in [5, 5.41) is 0. The van der Waals surface area contributed by atoms with Crippen LogP contribution in [0.1, 0.15) is 5.56 Å². The maximum absolute atomic E-state index is 13.0. The Morgan fingerprint density at radius 2 is 2.17 bits per heavy atom. The zero-order valence-electron chi connectivity index (χ0n) is 6.18. The third kappa shape index (κ3) is 2.71. The highest BCUT2D eigenvalue weighted by molar-refractivity contribution is 9.10. The molecule has 0 aliphatic carbocycles. The topological polar surface area (TPSA) is 38.0 Å². The summed E-state index contributed by atoms with van der Waals surface area (Å²) in [4.78, 5) is 0. The molecule has 2 nitrogen and oxygen atoms in total. The van der Waals surface area contributed by atoms with E-state index in [0.717, 1.165) is 0 Å². The van der Waals surface area contributed by atoms with Crippen LogP contribution in [0.25, 0.3) is 0 Å². The van der Waals surface area contributed by atoms with Crippen LogP contribution < -0.4 is 11.3 Å². The third-order valence-corrected chi connectivity index (χ3v) is 1.94. The summed E-state index contributed by atoms with van der Waals surface area (Å²) >= 11 is 3.07. The van der Waals surface area contributed by atoms with E-state index < -0.39 is 0 Å². The van der Waals surface area contributed by atoms with E-state index in [1.54, 1.807) is 18.2 Å². The van der Waals surface area contributed by atoms with Crippen molar-refractivity contribution in [1.82, 2.24) is 5.43 Å². The van der Waals surface area contributed by atoms with Gasteiger partial charge in [0.1, 0.15) is 5.82 Å². The minimum absolute atomic E-state index is 0. The molecule has 5 heteroatoms. The third-order valence-electron chi connectivity index (χ3n) is 1.32. The molecule has 1 aromatic carbocycles. The van der Waals surface area contributed by atoms with Crippen LogP contribution in [0.15, 0.2) is 22.7 Å². The number of hydrogen-bond acceptors (Lipinski definition) is 2. The van der Waals surface area contributed by atoms with Crippen LogP contribution in [0.3, 0.4) is 0 Å². The van der Waals surface area contributed by atoms with Crippen LogP contribution in [0.4, 0.5) is 4.39 Å². The molecule has 0 aliphatic heterocycles. The van der Waals surface area contributed by atoms with Crippen LogP contribution in [0.5, 0.6) is 0 Å². The molecule has 3 N–H and O–H groups in total. The molecule has 0 atom stereocenters. The minimum atomic E-state index is -0.259. The first kappa shape index (κ1) is 11.8. The summed E-state index contributed by atoms with van der Waals surface area (Å²) in [5.41, 5.74) is 2.95. The van der Waals surface area contributed by atoms with Gasteiger partial charge in [-0.25, -0.2) is 4.39 Å². The largest absolute Gasteiger partial charge is 0.271 e. The van der Waals surface area contributed by atoms with Crippen molar-refractivity contribution in [3.63, 3.8) is 0 Å². The number of rotatable bonds is 2. The van der Waals surface area contributed by atoms with Gasteiger partial charge < -0.3 is 0 Å². The van der Waals surface area contributed by atoms with Crippen LogP contribution in [-0.2, 0) is 6.54 Å². The zero-order valence-corrected chi connectivity index (χ0v) is 8.58. The number of nitrogens with one attached hydrogen (secondary N) is 1. The first-order valence-electron chi connectivity index (χ1n) is 3.12. The fraction of sp³-hybridized carbons (Fsp3) is 0.143. The smallest absolute Gasteiger partial charge is 0.141 e. The molecule has 0 saturated carbocycles. The van der Waals surface area contributed by atoms with Gasteiger partial charge in [0.15, 0.2) is 0 Å². The van der Waals surface area contributed by atoms with Gasteiger partial charge in [-0.05, 0) is 22.0 Å². The molecule has 0 amide bonds. The second-order valence-corrected chi connectivity index (χ2v) is 2.95. The quantitative estimate of drug-likeness (QED) is 0.626. The van der Waals surface area contributed by atoms with E-state index in [0.29, 0.717) is 16.6 Å². The molecule has 0 aromatic heterocycles. The second kappa shape index (κ2) is 5.48. The molecular formula is C7H9BrClFN2. The maximum atomic E-state index is 13.0. The number of benzene rings is 1. The summed E-state index contributed by atoms with van der Waals surface area (Å²) in [6, 6.07) is 5.09. The SMILES string of the molecule is Cl.NNCc1cccc(Br)c1F. The van der Waals surface area contributed by atoms with E-state index in [9.17, 15) is 4.39 Å². The zero-order chi connectivity index (χ0) is 8.27. The standard InChI is InChI=1S/C7H8BrFN2.ClH/c8-6-3-1-2-5(4-11-10)7(6)9;/h1-3,11H,4,10H2;1H. The van der Waals surface area contributed by atoms with Gasteiger partial charge in [0.05, 0.1) is 4.47 Å². The number of hydrogen-bond donors (Lipinski definition) is 2. The Bertz CT molecular complexity index is 257. The van der Waals surface area contributed by atoms with Crippen molar-refractivity contribution in [2.24, 2.45) is 5.84 Å². The lowest BCUT2D eigenvalue weighted by molar-refractivity contribution is 0.588. The van der Waals surface area contributed by atoms with E-state index >= 15 is 0 Å². The van der Waals surface area contributed by atoms with Crippen molar-refractivity contribution >= 4 is 28.3 Å². The highest BCUT2D eigenvalue weighted by atomic mass is 79.9. The van der Waals surface area contributed by atoms with Gasteiger partial charge in [-0.2, -0.15) is 0 Å². The Morgan fingerprint density at radius 3 is 2.75 bits per heavy atom. The van der Waals surface area contributed by atoms with Crippen molar-refractivity contribution in [1.29, 1.82) is 0 Å². The van der Waals surface area contributed by atoms with Gasteiger partial charge in [-0.1, -0.05) is 12.1 Å². The second-order valence-electron chi connectivity index (χ2n) is 2.09. The Morgan fingerprint density at radius 1 is 1.50 bits per heavy atom. The minimum Gasteiger partial charge on any atom is -0.271 e. The lowest BCUT2D eigenvalue weighted by atomic mass is 10.2. The molecule has 1 aromatic rings. The van der Waals surface area contributed by atoms with Gasteiger partial charge in [-0.15, -0.1) is 12.4 Å². The van der Waals surface area contributed by atoms with Gasteiger partial charge in [0.2, 0.25) is 0 Å². The first-order valence-corrected chi connectivity index (χ1v) is 3.91. The van der Waals surface area contributed by atoms with E-state index in [1.807, 2.05) is 0 Å². The highest BCUT2D eigenvalue weighted by Gasteiger charge is 2.03. The van der Waals surface area contributed by atoms with E-state index in [4.69, 9.17) is 5.84 Å². The maximum Gasteiger partial charge on any atom is 0.141 e. The Labute approximate surface area is 84.8 Å². The average Bonchev–Trinajstić information content (AvgIpc) is 1.99. The molecule has 68 valence electrons. The molecule has 0 unspecified atom stereocenters. The van der Waals surface area contributed by atoms with E-state index in [-0.39, 0.29) is 18.2 Å². The van der Waals surface area contributed by atoms with Gasteiger partial charge in [0.25, 0.3) is 0 Å². The number of nitrogens with two attached hydrogens (primary N) is 1. The van der Waals surface area contributed by atoms with Crippen LogP contribution in [-0.4, -0.2) is 0 Å². The summed E-state index contributed by atoms with van der Waals surface area (Å²) in [6.07, 6.45) is 0. The molecular weight excluding hydrogens is 246 g/mol. The Kier molecular flexibility index (Phi) is 5.41. The molecule has 1 rings (SSSR count). The molecule has 0 saturated heterocycles. The molecule has 0 fully saturated rings. The summed E-state index contributed by atoms with van der Waals surface area (Å²) in [7, 11) is 0. The van der Waals surface area contributed by atoms with Crippen LogP contribution >= 0.6 is 28.3 Å². The molecule has 0 aliphatic rings. The molecule has 0 radical (unpaired) electrons. The normalized spacial score (nSPS) is 9.25. The fourth-order valence-electron chi connectivity index (χ4n) is 0.795. The summed E-state index contributed by atoms with van der Waals surface area (Å²) < 4.78 is 13.5. The molecule has 12 heavy (non-hydrogen) atoms. The van der Waals surface area contributed by atoms with E-state index in [1.165, 1.54) is 0 Å². The summed E-state index contributed by atoms with van der Waals surface area (Å²) in [6.45, 7) is 0.339. The van der Waals surface area contributed by atoms with Crippen molar-refractivity contribution < 1.29 is 4.39 Å². The van der Waals surface area contributed by atoms with Gasteiger partial charge in [-0.3, -0.25) is 11.3 Å². The summed E-state index contributed by atoms with van der Waals surface area (Å²) in [5.74, 6) is 4.79. The first-order chi connectivity index (χ1) is 5.25. The van der Waals surface area contributed by atoms with Gasteiger partial charge in [0, 0.05) is 12.1 Å². The molecule has 0 heterocycles. The van der Waals surface area contributed by atoms with Crippen molar-refractivity contribution in [3.8, 4) is 0 Å².